The molecule has 0 saturated heterocycles. The van der Waals surface area contributed by atoms with E-state index in [-0.39, 0.29) is 12.6 Å². The SMILES string of the molecule is [CH2]CCC[C@H](N)CO. The minimum absolute atomic E-state index is 0.0308. The highest BCUT2D eigenvalue weighted by atomic mass is 16.3. The molecule has 0 aromatic carbocycles. The lowest BCUT2D eigenvalue weighted by Crippen LogP contribution is -2.23. The van der Waals surface area contributed by atoms with Crippen LogP contribution in [0.15, 0.2) is 0 Å². The molecule has 0 bridgehead atoms. The lowest BCUT2D eigenvalue weighted by Gasteiger charge is -2.04. The second-order valence-corrected chi connectivity index (χ2v) is 1.94. The number of rotatable bonds is 4. The zero-order chi connectivity index (χ0) is 6.41. The van der Waals surface area contributed by atoms with Crippen LogP contribution < -0.4 is 5.73 Å². The third kappa shape index (κ3) is 4.09. The summed E-state index contributed by atoms with van der Waals surface area (Å²) in [5, 5.41) is 8.42. The number of hydrogen-bond donors (Lipinski definition) is 2. The Hall–Kier alpha value is -0.0800. The van der Waals surface area contributed by atoms with Crippen LogP contribution in [-0.4, -0.2) is 17.8 Å². The standard InChI is InChI=1S/C6H14NO/c1-2-3-4-6(7)5-8/h6,8H,1-5,7H2/t6-/m0/s1. The fourth-order valence-electron chi connectivity index (χ4n) is 0.498. The zero-order valence-corrected chi connectivity index (χ0v) is 5.14. The van der Waals surface area contributed by atoms with Crippen LogP contribution in [0.2, 0.25) is 0 Å². The Balaban J connectivity index is 2.86. The first kappa shape index (κ1) is 7.92. The third-order valence-corrected chi connectivity index (χ3v) is 1.06. The molecule has 1 radical (unpaired) electrons. The smallest absolute Gasteiger partial charge is 0.0582 e. The number of hydrogen-bond acceptors (Lipinski definition) is 2. The summed E-state index contributed by atoms with van der Waals surface area (Å²) in [6, 6.07) is -0.0308. The topological polar surface area (TPSA) is 46.2 Å². The van der Waals surface area contributed by atoms with Crippen LogP contribution in [0, 0.1) is 6.92 Å². The number of nitrogens with two attached hydrogens (primary N) is 1. The largest absolute Gasteiger partial charge is 0.395 e. The highest BCUT2D eigenvalue weighted by Gasteiger charge is 1.96. The van der Waals surface area contributed by atoms with Gasteiger partial charge in [0.1, 0.15) is 0 Å². The van der Waals surface area contributed by atoms with Crippen LogP contribution in [0.5, 0.6) is 0 Å². The lowest BCUT2D eigenvalue weighted by atomic mass is 10.1. The first-order valence-electron chi connectivity index (χ1n) is 2.97. The van der Waals surface area contributed by atoms with E-state index in [1.165, 1.54) is 0 Å². The van der Waals surface area contributed by atoms with Crippen molar-refractivity contribution in [2.24, 2.45) is 5.73 Å². The predicted molar refractivity (Wildman–Crippen MR) is 34.3 cm³/mol. The molecule has 0 saturated carbocycles. The Morgan fingerprint density at radius 1 is 1.62 bits per heavy atom. The molecule has 0 fully saturated rings. The normalized spacial score (nSPS) is 13.9. The van der Waals surface area contributed by atoms with Gasteiger partial charge in [-0.25, -0.2) is 0 Å². The van der Waals surface area contributed by atoms with E-state index in [9.17, 15) is 0 Å². The summed E-state index contributed by atoms with van der Waals surface area (Å²) in [7, 11) is 0. The summed E-state index contributed by atoms with van der Waals surface area (Å²) < 4.78 is 0. The molecule has 49 valence electrons. The first-order chi connectivity index (χ1) is 3.81. The van der Waals surface area contributed by atoms with Crippen molar-refractivity contribution in [3.8, 4) is 0 Å². The number of aliphatic hydroxyl groups excluding tert-OH is 1. The van der Waals surface area contributed by atoms with Gasteiger partial charge >= 0.3 is 0 Å². The Labute approximate surface area is 50.7 Å². The average Bonchev–Trinajstić information content (AvgIpc) is 1.83. The molecule has 0 spiro atoms. The molecule has 0 unspecified atom stereocenters. The molecule has 3 N–H and O–H groups in total. The summed E-state index contributed by atoms with van der Waals surface area (Å²) in [4.78, 5) is 0. The Bertz CT molecular complexity index is 47.8. The van der Waals surface area contributed by atoms with Gasteiger partial charge in [0.2, 0.25) is 0 Å². The molecule has 0 rings (SSSR count). The highest BCUT2D eigenvalue weighted by molar-refractivity contribution is 4.58. The molecule has 8 heavy (non-hydrogen) atoms. The van der Waals surface area contributed by atoms with E-state index in [1.807, 2.05) is 0 Å². The van der Waals surface area contributed by atoms with E-state index < -0.39 is 0 Å². The summed E-state index contributed by atoms with van der Waals surface area (Å²) in [5.74, 6) is 0. The van der Waals surface area contributed by atoms with Gasteiger partial charge in [-0.2, -0.15) is 0 Å². The van der Waals surface area contributed by atoms with E-state index >= 15 is 0 Å². The highest BCUT2D eigenvalue weighted by Crippen LogP contribution is 1.95. The monoisotopic (exact) mass is 116 g/mol. The van der Waals surface area contributed by atoms with Gasteiger partial charge in [0.15, 0.2) is 0 Å². The lowest BCUT2D eigenvalue weighted by molar-refractivity contribution is 0.258. The van der Waals surface area contributed by atoms with Gasteiger partial charge in [0.25, 0.3) is 0 Å². The number of aliphatic hydroxyl groups is 1. The van der Waals surface area contributed by atoms with E-state index in [4.69, 9.17) is 10.8 Å². The van der Waals surface area contributed by atoms with Gasteiger partial charge in [-0.1, -0.05) is 19.8 Å². The van der Waals surface area contributed by atoms with Crippen LogP contribution in [-0.2, 0) is 0 Å². The van der Waals surface area contributed by atoms with Crippen molar-refractivity contribution in [1.82, 2.24) is 0 Å². The molecule has 0 aliphatic carbocycles. The number of unbranched alkanes of at least 4 members (excludes halogenated alkanes) is 1. The molecule has 2 heteroatoms. The van der Waals surface area contributed by atoms with Crippen LogP contribution in [0.3, 0.4) is 0 Å². The molecule has 0 aromatic rings. The van der Waals surface area contributed by atoms with Gasteiger partial charge in [0, 0.05) is 6.04 Å². The molecular formula is C6H14NO. The average molecular weight is 116 g/mol. The minimum Gasteiger partial charge on any atom is -0.395 e. The first-order valence-corrected chi connectivity index (χ1v) is 2.97. The minimum atomic E-state index is -0.0308. The van der Waals surface area contributed by atoms with Crippen LogP contribution in [0.25, 0.3) is 0 Å². The Morgan fingerprint density at radius 2 is 2.25 bits per heavy atom. The van der Waals surface area contributed by atoms with Crippen molar-refractivity contribution in [2.45, 2.75) is 25.3 Å². The Kier molecular flexibility index (Phi) is 5.01. The maximum atomic E-state index is 8.42. The second kappa shape index (κ2) is 5.06. The van der Waals surface area contributed by atoms with Gasteiger partial charge in [-0.15, -0.1) is 0 Å². The van der Waals surface area contributed by atoms with Crippen molar-refractivity contribution < 1.29 is 5.11 Å². The molecule has 2 nitrogen and oxygen atoms in total. The van der Waals surface area contributed by atoms with E-state index in [0.717, 1.165) is 19.3 Å². The maximum absolute atomic E-state index is 8.42. The fourth-order valence-corrected chi connectivity index (χ4v) is 0.498. The Morgan fingerprint density at radius 3 is 2.62 bits per heavy atom. The molecule has 0 aliphatic heterocycles. The molecule has 0 amide bonds. The summed E-state index contributed by atoms with van der Waals surface area (Å²) in [5.41, 5.74) is 5.38. The summed E-state index contributed by atoms with van der Waals surface area (Å²) in [6.07, 6.45) is 2.81. The molecule has 1 atom stereocenters. The van der Waals surface area contributed by atoms with Crippen molar-refractivity contribution >= 4 is 0 Å². The molecule has 0 aromatic heterocycles. The van der Waals surface area contributed by atoms with Crippen LogP contribution in [0.1, 0.15) is 19.3 Å². The quantitative estimate of drug-likeness (QED) is 0.555. The van der Waals surface area contributed by atoms with Gasteiger partial charge in [-0.3, -0.25) is 0 Å². The third-order valence-electron chi connectivity index (χ3n) is 1.06. The van der Waals surface area contributed by atoms with Gasteiger partial charge in [0.05, 0.1) is 6.61 Å². The molecular weight excluding hydrogens is 102 g/mol. The van der Waals surface area contributed by atoms with Gasteiger partial charge in [-0.05, 0) is 6.42 Å². The van der Waals surface area contributed by atoms with Crippen LogP contribution in [0.4, 0.5) is 0 Å². The summed E-state index contributed by atoms with van der Waals surface area (Å²) in [6.45, 7) is 3.75. The maximum Gasteiger partial charge on any atom is 0.0582 e. The van der Waals surface area contributed by atoms with Crippen molar-refractivity contribution in [3.63, 3.8) is 0 Å². The van der Waals surface area contributed by atoms with Crippen molar-refractivity contribution in [1.29, 1.82) is 0 Å². The summed E-state index contributed by atoms with van der Waals surface area (Å²) >= 11 is 0. The van der Waals surface area contributed by atoms with Crippen molar-refractivity contribution in [3.05, 3.63) is 6.92 Å². The molecule has 0 heterocycles. The van der Waals surface area contributed by atoms with E-state index in [2.05, 4.69) is 6.92 Å². The van der Waals surface area contributed by atoms with Gasteiger partial charge < -0.3 is 10.8 Å². The molecule has 0 aliphatic rings. The predicted octanol–water partition coefficient (Wildman–Crippen LogP) is 0.310. The second-order valence-electron chi connectivity index (χ2n) is 1.94. The zero-order valence-electron chi connectivity index (χ0n) is 5.14. The van der Waals surface area contributed by atoms with Crippen LogP contribution >= 0.6 is 0 Å². The van der Waals surface area contributed by atoms with E-state index in [0.29, 0.717) is 0 Å². The fraction of sp³-hybridized carbons (Fsp3) is 0.833. The van der Waals surface area contributed by atoms with Crippen molar-refractivity contribution in [2.75, 3.05) is 6.61 Å². The van der Waals surface area contributed by atoms with E-state index in [1.54, 1.807) is 0 Å².